The first kappa shape index (κ1) is 18.2. The van der Waals surface area contributed by atoms with Crippen molar-refractivity contribution >= 4 is 11.6 Å². The SMILES string of the molecule is Cc1cccc(CN[C@H]2CCC[C@@H](Oc3ccc(Cl)cc3)[C@@H]2O)c1C. The molecule has 2 aromatic carbocycles. The lowest BCUT2D eigenvalue weighted by atomic mass is 9.89. The van der Waals surface area contributed by atoms with Crippen LogP contribution in [0, 0.1) is 13.8 Å². The minimum absolute atomic E-state index is 0.0472. The summed E-state index contributed by atoms with van der Waals surface area (Å²) >= 11 is 5.91. The van der Waals surface area contributed by atoms with E-state index in [0.29, 0.717) is 5.02 Å². The summed E-state index contributed by atoms with van der Waals surface area (Å²) in [6.07, 6.45) is 2.16. The number of ether oxygens (including phenoxy) is 1. The van der Waals surface area contributed by atoms with Crippen molar-refractivity contribution in [2.75, 3.05) is 0 Å². The Hall–Kier alpha value is -1.55. The molecule has 0 saturated heterocycles. The minimum atomic E-state index is -0.519. The van der Waals surface area contributed by atoms with Crippen LogP contribution in [0.2, 0.25) is 5.02 Å². The van der Waals surface area contributed by atoms with Crippen LogP contribution in [-0.2, 0) is 6.54 Å². The third-order valence-electron chi connectivity index (χ3n) is 5.17. The standard InChI is InChI=1S/C21H26ClNO2/c1-14-5-3-6-16(15(14)2)13-23-19-7-4-8-20(21(19)24)25-18-11-9-17(22)10-12-18/h3,5-6,9-12,19-21,23-24H,4,7-8,13H2,1-2H3/t19-,20+,21+/m0/s1. The highest BCUT2D eigenvalue weighted by Crippen LogP contribution is 2.26. The Balaban J connectivity index is 1.60. The Morgan fingerprint density at radius 2 is 1.88 bits per heavy atom. The third kappa shape index (κ3) is 4.55. The number of halogens is 1. The highest BCUT2D eigenvalue weighted by molar-refractivity contribution is 6.30. The summed E-state index contributed by atoms with van der Waals surface area (Å²) in [7, 11) is 0. The Morgan fingerprint density at radius 1 is 1.12 bits per heavy atom. The van der Waals surface area contributed by atoms with Gasteiger partial charge in [0.2, 0.25) is 0 Å². The van der Waals surface area contributed by atoms with Crippen LogP contribution in [0.3, 0.4) is 0 Å². The molecule has 134 valence electrons. The van der Waals surface area contributed by atoms with Gasteiger partial charge >= 0.3 is 0 Å². The second kappa shape index (κ2) is 8.22. The van der Waals surface area contributed by atoms with Crippen LogP contribution in [0.4, 0.5) is 0 Å². The molecule has 0 radical (unpaired) electrons. The molecule has 3 nitrogen and oxygen atoms in total. The Morgan fingerprint density at radius 3 is 2.64 bits per heavy atom. The molecule has 25 heavy (non-hydrogen) atoms. The fourth-order valence-electron chi connectivity index (χ4n) is 3.42. The summed E-state index contributed by atoms with van der Waals surface area (Å²) in [5.41, 5.74) is 3.90. The van der Waals surface area contributed by atoms with E-state index in [1.54, 1.807) is 0 Å². The van der Waals surface area contributed by atoms with E-state index in [-0.39, 0.29) is 12.1 Å². The normalized spacial score (nSPS) is 23.4. The molecule has 1 saturated carbocycles. The van der Waals surface area contributed by atoms with Gasteiger partial charge in [-0.15, -0.1) is 0 Å². The van der Waals surface area contributed by atoms with Crippen LogP contribution in [-0.4, -0.2) is 23.4 Å². The molecule has 0 amide bonds. The van der Waals surface area contributed by atoms with Crippen molar-refractivity contribution in [3.63, 3.8) is 0 Å². The van der Waals surface area contributed by atoms with Gasteiger partial charge < -0.3 is 15.2 Å². The van der Waals surface area contributed by atoms with Crippen molar-refractivity contribution in [3.8, 4) is 5.75 Å². The van der Waals surface area contributed by atoms with Crippen LogP contribution in [0.5, 0.6) is 5.75 Å². The summed E-state index contributed by atoms with van der Waals surface area (Å²) in [5.74, 6) is 0.753. The molecule has 3 atom stereocenters. The van der Waals surface area contributed by atoms with Gasteiger partial charge in [0.25, 0.3) is 0 Å². The highest BCUT2D eigenvalue weighted by atomic mass is 35.5. The molecule has 3 rings (SSSR count). The first-order valence-electron chi connectivity index (χ1n) is 8.93. The summed E-state index contributed by atoms with van der Waals surface area (Å²) in [4.78, 5) is 0. The topological polar surface area (TPSA) is 41.5 Å². The zero-order valence-electron chi connectivity index (χ0n) is 14.8. The molecule has 0 bridgehead atoms. The maximum absolute atomic E-state index is 10.7. The largest absolute Gasteiger partial charge is 0.488 e. The van der Waals surface area contributed by atoms with E-state index < -0.39 is 6.10 Å². The first-order chi connectivity index (χ1) is 12.0. The smallest absolute Gasteiger partial charge is 0.126 e. The van der Waals surface area contributed by atoms with Crippen molar-refractivity contribution in [1.29, 1.82) is 0 Å². The summed E-state index contributed by atoms with van der Waals surface area (Å²) < 4.78 is 6.00. The van der Waals surface area contributed by atoms with Crippen molar-refractivity contribution in [1.82, 2.24) is 5.32 Å². The molecule has 1 aliphatic carbocycles. The lowest BCUT2D eigenvalue weighted by Gasteiger charge is -2.35. The minimum Gasteiger partial charge on any atom is -0.488 e. The Kier molecular flexibility index (Phi) is 6.00. The van der Waals surface area contributed by atoms with Gasteiger partial charge in [-0.2, -0.15) is 0 Å². The van der Waals surface area contributed by atoms with Gasteiger partial charge in [0.15, 0.2) is 0 Å². The summed E-state index contributed by atoms with van der Waals surface area (Å²) in [5, 5.41) is 14.9. The van der Waals surface area contributed by atoms with Gasteiger partial charge in [0.1, 0.15) is 18.0 Å². The van der Waals surface area contributed by atoms with Gasteiger partial charge in [-0.1, -0.05) is 29.8 Å². The molecular formula is C21H26ClNO2. The first-order valence-corrected chi connectivity index (χ1v) is 9.31. The Labute approximate surface area is 155 Å². The van der Waals surface area contributed by atoms with Crippen LogP contribution in [0.15, 0.2) is 42.5 Å². The van der Waals surface area contributed by atoms with Crippen molar-refractivity contribution < 1.29 is 9.84 Å². The van der Waals surface area contributed by atoms with E-state index in [0.717, 1.165) is 31.6 Å². The van der Waals surface area contributed by atoms with Crippen LogP contribution < -0.4 is 10.1 Å². The number of aliphatic hydroxyl groups excluding tert-OH is 1. The van der Waals surface area contributed by atoms with E-state index in [1.807, 2.05) is 24.3 Å². The molecule has 1 aliphatic rings. The number of hydrogen-bond acceptors (Lipinski definition) is 3. The van der Waals surface area contributed by atoms with Gasteiger partial charge in [-0.3, -0.25) is 0 Å². The molecule has 2 N–H and O–H groups in total. The van der Waals surface area contributed by atoms with Crippen LogP contribution in [0.1, 0.15) is 36.0 Å². The monoisotopic (exact) mass is 359 g/mol. The van der Waals surface area contributed by atoms with Crippen LogP contribution >= 0.6 is 11.6 Å². The van der Waals surface area contributed by atoms with Crippen molar-refractivity contribution in [2.45, 2.75) is 57.9 Å². The number of benzene rings is 2. The predicted octanol–water partition coefficient (Wildman–Crippen LogP) is 4.41. The summed E-state index contributed by atoms with van der Waals surface area (Å²) in [6.45, 7) is 5.04. The highest BCUT2D eigenvalue weighted by Gasteiger charge is 2.33. The van der Waals surface area contributed by atoms with Gasteiger partial charge in [0.05, 0.1) is 0 Å². The predicted molar refractivity (Wildman–Crippen MR) is 102 cm³/mol. The summed E-state index contributed by atoms with van der Waals surface area (Å²) in [6, 6.07) is 13.7. The molecule has 0 aliphatic heterocycles. The zero-order valence-corrected chi connectivity index (χ0v) is 15.6. The maximum Gasteiger partial charge on any atom is 0.126 e. The molecule has 0 heterocycles. The lowest BCUT2D eigenvalue weighted by Crippen LogP contribution is -2.51. The average Bonchev–Trinajstić information content (AvgIpc) is 2.61. The van der Waals surface area contributed by atoms with E-state index in [2.05, 4.69) is 37.4 Å². The zero-order chi connectivity index (χ0) is 17.8. The Bertz CT molecular complexity index is 702. The van der Waals surface area contributed by atoms with E-state index in [9.17, 15) is 5.11 Å². The molecule has 2 aromatic rings. The van der Waals surface area contributed by atoms with Crippen LogP contribution in [0.25, 0.3) is 0 Å². The molecule has 0 unspecified atom stereocenters. The fourth-order valence-corrected chi connectivity index (χ4v) is 3.55. The number of rotatable bonds is 5. The quantitative estimate of drug-likeness (QED) is 0.831. The number of nitrogens with one attached hydrogen (secondary N) is 1. The lowest BCUT2D eigenvalue weighted by molar-refractivity contribution is -0.0157. The van der Waals surface area contributed by atoms with E-state index in [1.165, 1.54) is 16.7 Å². The number of aliphatic hydroxyl groups is 1. The van der Waals surface area contributed by atoms with Crippen molar-refractivity contribution in [3.05, 3.63) is 64.2 Å². The van der Waals surface area contributed by atoms with Crippen molar-refractivity contribution in [2.24, 2.45) is 0 Å². The maximum atomic E-state index is 10.7. The molecular weight excluding hydrogens is 334 g/mol. The second-order valence-electron chi connectivity index (χ2n) is 6.88. The van der Waals surface area contributed by atoms with Gasteiger partial charge in [-0.05, 0) is 74.1 Å². The second-order valence-corrected chi connectivity index (χ2v) is 7.31. The number of aryl methyl sites for hydroxylation is 1. The molecule has 0 aromatic heterocycles. The third-order valence-corrected chi connectivity index (χ3v) is 5.42. The van der Waals surface area contributed by atoms with Gasteiger partial charge in [-0.25, -0.2) is 0 Å². The molecule has 4 heteroatoms. The number of hydrogen-bond donors (Lipinski definition) is 2. The molecule has 0 spiro atoms. The molecule has 1 fully saturated rings. The average molecular weight is 360 g/mol. The fraction of sp³-hybridized carbons (Fsp3) is 0.429. The van der Waals surface area contributed by atoms with E-state index >= 15 is 0 Å². The van der Waals surface area contributed by atoms with E-state index in [4.69, 9.17) is 16.3 Å². The van der Waals surface area contributed by atoms with Gasteiger partial charge in [0, 0.05) is 17.6 Å².